The summed E-state index contributed by atoms with van der Waals surface area (Å²) in [6.45, 7) is 2.39. The highest BCUT2D eigenvalue weighted by molar-refractivity contribution is 7.89. The van der Waals surface area contributed by atoms with Crippen molar-refractivity contribution in [2.24, 2.45) is 5.92 Å². The topological polar surface area (TPSA) is 83.5 Å². The van der Waals surface area contributed by atoms with Crippen LogP contribution in [0.5, 0.6) is 0 Å². The first-order chi connectivity index (χ1) is 13.8. The molecule has 29 heavy (non-hydrogen) atoms. The van der Waals surface area contributed by atoms with E-state index in [1.54, 1.807) is 12.1 Å². The van der Waals surface area contributed by atoms with E-state index in [2.05, 4.69) is 11.6 Å². The van der Waals surface area contributed by atoms with Crippen LogP contribution in [-0.2, 0) is 27.7 Å². The first-order valence-corrected chi connectivity index (χ1v) is 11.8. The van der Waals surface area contributed by atoms with Crippen molar-refractivity contribution in [2.45, 2.75) is 49.8 Å². The Morgan fingerprint density at radius 2 is 1.86 bits per heavy atom. The molecule has 0 bridgehead atoms. The van der Waals surface area contributed by atoms with Crippen LogP contribution < -0.4 is 4.72 Å². The van der Waals surface area contributed by atoms with Crippen LogP contribution in [0.4, 0.5) is 0 Å². The maximum Gasteiger partial charge on any atom is 0.310 e. The van der Waals surface area contributed by atoms with Gasteiger partial charge in [0.15, 0.2) is 0 Å². The van der Waals surface area contributed by atoms with Crippen molar-refractivity contribution in [3.63, 3.8) is 0 Å². The Bertz CT molecular complexity index is 973. The van der Waals surface area contributed by atoms with Gasteiger partial charge in [-0.15, -0.1) is 0 Å². The highest BCUT2D eigenvalue weighted by Crippen LogP contribution is 2.31. The number of carboxylic acids is 1. The van der Waals surface area contributed by atoms with E-state index in [1.165, 1.54) is 17.7 Å². The summed E-state index contributed by atoms with van der Waals surface area (Å²) in [4.78, 5) is 11.8. The Balaban J connectivity index is 1.65. The van der Waals surface area contributed by atoms with Crippen LogP contribution in [0.1, 0.15) is 48.8 Å². The summed E-state index contributed by atoms with van der Waals surface area (Å²) in [6, 6.07) is 12.0. The highest BCUT2D eigenvalue weighted by atomic mass is 35.5. The van der Waals surface area contributed by atoms with E-state index in [0.717, 1.165) is 36.8 Å². The standard InChI is InChI=1S/C22H26ClNO4S/c1-2-3-4-21(22(25)26)17-6-5-16-11-15(12-18(16)13-17)14-24-29(27,28)20-9-7-19(23)8-10-20/h5-10,13,15,21,24H,2-4,11-12,14H2,1H3,(H,25,26). The van der Waals surface area contributed by atoms with Crippen molar-refractivity contribution in [3.05, 3.63) is 64.2 Å². The predicted octanol–water partition coefficient (Wildman–Crippen LogP) is 4.39. The van der Waals surface area contributed by atoms with Crippen LogP contribution in [0.25, 0.3) is 0 Å². The zero-order chi connectivity index (χ0) is 21.0. The van der Waals surface area contributed by atoms with Gasteiger partial charge in [-0.25, -0.2) is 13.1 Å². The largest absolute Gasteiger partial charge is 0.481 e. The number of halogens is 1. The first kappa shape index (κ1) is 21.8. The normalized spacial score (nSPS) is 17.1. The summed E-state index contributed by atoms with van der Waals surface area (Å²) in [5.41, 5.74) is 3.14. The molecule has 0 saturated carbocycles. The van der Waals surface area contributed by atoms with E-state index in [9.17, 15) is 18.3 Å². The average Bonchev–Trinajstić information content (AvgIpc) is 3.09. The van der Waals surface area contributed by atoms with E-state index >= 15 is 0 Å². The number of sulfonamides is 1. The average molecular weight is 436 g/mol. The minimum atomic E-state index is -3.58. The summed E-state index contributed by atoms with van der Waals surface area (Å²) in [6.07, 6.45) is 4.00. The zero-order valence-corrected chi connectivity index (χ0v) is 18.0. The second-order valence-electron chi connectivity index (χ2n) is 7.64. The molecule has 0 aliphatic heterocycles. The fourth-order valence-electron chi connectivity index (χ4n) is 3.86. The minimum Gasteiger partial charge on any atom is -0.481 e. The third-order valence-electron chi connectivity index (χ3n) is 5.48. The SMILES string of the molecule is CCCCC(C(=O)O)c1ccc2c(c1)CC(CNS(=O)(=O)c1ccc(Cl)cc1)C2. The van der Waals surface area contributed by atoms with E-state index in [0.29, 0.717) is 18.0 Å². The van der Waals surface area contributed by atoms with Gasteiger partial charge < -0.3 is 5.11 Å². The van der Waals surface area contributed by atoms with Gasteiger partial charge in [0.05, 0.1) is 10.8 Å². The number of benzene rings is 2. The van der Waals surface area contributed by atoms with Gasteiger partial charge in [0.25, 0.3) is 0 Å². The monoisotopic (exact) mass is 435 g/mol. The second-order valence-corrected chi connectivity index (χ2v) is 9.84. The molecule has 0 amide bonds. The molecule has 2 aromatic carbocycles. The van der Waals surface area contributed by atoms with Crippen molar-refractivity contribution in [3.8, 4) is 0 Å². The Hall–Kier alpha value is -1.89. The Kier molecular flexibility index (Phi) is 6.98. The molecule has 0 fully saturated rings. The van der Waals surface area contributed by atoms with E-state index in [1.807, 2.05) is 18.2 Å². The van der Waals surface area contributed by atoms with Gasteiger partial charge in [-0.1, -0.05) is 49.6 Å². The van der Waals surface area contributed by atoms with Crippen LogP contribution in [0.2, 0.25) is 5.02 Å². The third-order valence-corrected chi connectivity index (χ3v) is 7.17. The number of aliphatic carboxylic acids is 1. The van der Waals surface area contributed by atoms with Crippen LogP contribution in [-0.4, -0.2) is 26.0 Å². The second kappa shape index (κ2) is 9.28. The van der Waals surface area contributed by atoms with Gasteiger partial charge in [0, 0.05) is 11.6 Å². The summed E-state index contributed by atoms with van der Waals surface area (Å²) in [7, 11) is -3.58. The van der Waals surface area contributed by atoms with Gasteiger partial charge >= 0.3 is 5.97 Å². The molecule has 0 saturated heterocycles. The van der Waals surface area contributed by atoms with Crippen molar-refractivity contribution in [2.75, 3.05) is 6.54 Å². The Labute approximate surface area is 177 Å². The maximum absolute atomic E-state index is 12.5. The molecule has 2 N–H and O–H groups in total. The Morgan fingerprint density at radius 3 is 2.52 bits per heavy atom. The molecule has 0 aromatic heterocycles. The lowest BCUT2D eigenvalue weighted by molar-refractivity contribution is -0.139. The van der Waals surface area contributed by atoms with Crippen LogP contribution in [0.3, 0.4) is 0 Å². The maximum atomic E-state index is 12.5. The molecule has 1 aliphatic carbocycles. The molecule has 156 valence electrons. The van der Waals surface area contributed by atoms with Gasteiger partial charge in [-0.3, -0.25) is 4.79 Å². The summed E-state index contributed by atoms with van der Waals surface area (Å²) >= 11 is 5.82. The molecule has 2 atom stereocenters. The van der Waals surface area contributed by atoms with Crippen LogP contribution >= 0.6 is 11.6 Å². The van der Waals surface area contributed by atoms with Gasteiger partial charge in [0.1, 0.15) is 0 Å². The Morgan fingerprint density at radius 1 is 1.17 bits per heavy atom. The predicted molar refractivity (Wildman–Crippen MR) is 114 cm³/mol. The quantitative estimate of drug-likeness (QED) is 0.611. The van der Waals surface area contributed by atoms with Crippen molar-refractivity contribution in [1.29, 1.82) is 0 Å². The number of rotatable bonds is 9. The van der Waals surface area contributed by atoms with E-state index < -0.39 is 21.9 Å². The number of fused-ring (bicyclic) bond motifs is 1. The smallest absolute Gasteiger partial charge is 0.310 e. The molecular weight excluding hydrogens is 410 g/mol. The molecule has 2 aromatic rings. The fraction of sp³-hybridized carbons (Fsp3) is 0.409. The minimum absolute atomic E-state index is 0.154. The van der Waals surface area contributed by atoms with Crippen LogP contribution in [0.15, 0.2) is 47.4 Å². The molecule has 2 unspecified atom stereocenters. The van der Waals surface area contributed by atoms with Crippen LogP contribution in [0, 0.1) is 5.92 Å². The number of hydrogen-bond donors (Lipinski definition) is 2. The lowest BCUT2D eigenvalue weighted by Crippen LogP contribution is -2.29. The zero-order valence-electron chi connectivity index (χ0n) is 16.4. The lowest BCUT2D eigenvalue weighted by Gasteiger charge is -2.13. The molecule has 1 aliphatic rings. The summed E-state index contributed by atoms with van der Waals surface area (Å²) in [5, 5.41) is 10.1. The van der Waals surface area contributed by atoms with Gasteiger partial charge in [-0.2, -0.15) is 0 Å². The lowest BCUT2D eigenvalue weighted by atomic mass is 9.91. The third kappa shape index (κ3) is 5.38. The van der Waals surface area contributed by atoms with Gasteiger partial charge in [-0.05, 0) is 66.1 Å². The number of carboxylic acid groups (broad SMARTS) is 1. The van der Waals surface area contributed by atoms with Crippen molar-refractivity contribution in [1.82, 2.24) is 4.72 Å². The molecule has 5 nitrogen and oxygen atoms in total. The number of hydrogen-bond acceptors (Lipinski definition) is 3. The van der Waals surface area contributed by atoms with E-state index in [4.69, 9.17) is 11.6 Å². The fourth-order valence-corrected chi connectivity index (χ4v) is 5.10. The van der Waals surface area contributed by atoms with Crippen molar-refractivity contribution >= 4 is 27.6 Å². The molecule has 7 heteroatoms. The number of unbranched alkanes of at least 4 members (excludes halogenated alkanes) is 1. The highest BCUT2D eigenvalue weighted by Gasteiger charge is 2.26. The molecular formula is C22H26ClNO4S. The first-order valence-electron chi connectivity index (χ1n) is 9.90. The molecule has 3 rings (SSSR count). The number of carbonyl (C=O) groups is 1. The van der Waals surface area contributed by atoms with E-state index in [-0.39, 0.29) is 10.8 Å². The molecule has 0 heterocycles. The summed E-state index contributed by atoms with van der Waals surface area (Å²) < 4.78 is 27.6. The number of nitrogens with one attached hydrogen (secondary N) is 1. The van der Waals surface area contributed by atoms with Crippen molar-refractivity contribution < 1.29 is 18.3 Å². The molecule has 0 radical (unpaired) electrons. The molecule has 0 spiro atoms. The summed E-state index contributed by atoms with van der Waals surface area (Å²) in [5.74, 6) is -1.12. The van der Waals surface area contributed by atoms with Gasteiger partial charge in [0.2, 0.25) is 10.0 Å².